The number of thioether (sulfide) groups is 1. The first-order chi connectivity index (χ1) is 8.16. The van der Waals surface area contributed by atoms with Gasteiger partial charge in [0.1, 0.15) is 0 Å². The number of likely N-dealkylation sites (tertiary alicyclic amines) is 1. The van der Waals surface area contributed by atoms with Crippen LogP contribution in [0.15, 0.2) is 0 Å². The van der Waals surface area contributed by atoms with Crippen molar-refractivity contribution in [3.05, 3.63) is 0 Å². The molecule has 2 aliphatic rings. The summed E-state index contributed by atoms with van der Waals surface area (Å²) in [5, 5.41) is 0. The molecule has 0 saturated carbocycles. The smallest absolute Gasteiger partial charge is 0.0429 e. The fourth-order valence-corrected chi connectivity index (χ4v) is 4.74. The van der Waals surface area contributed by atoms with Gasteiger partial charge in [0, 0.05) is 24.4 Å². The Labute approximate surface area is 110 Å². The molecule has 0 spiro atoms. The minimum absolute atomic E-state index is 0.341. The number of hydrogen-bond acceptors (Lipinski definition) is 4. The van der Waals surface area contributed by atoms with Gasteiger partial charge in [-0.25, -0.2) is 0 Å². The van der Waals surface area contributed by atoms with Crippen LogP contribution in [0.5, 0.6) is 0 Å². The van der Waals surface area contributed by atoms with Crippen LogP contribution in [0.4, 0.5) is 0 Å². The molecular formula is C13H27N3S. The van der Waals surface area contributed by atoms with Gasteiger partial charge in [-0.15, -0.1) is 0 Å². The molecule has 17 heavy (non-hydrogen) atoms. The Kier molecular flexibility index (Phi) is 4.75. The van der Waals surface area contributed by atoms with E-state index in [2.05, 4.69) is 35.7 Å². The van der Waals surface area contributed by atoms with Gasteiger partial charge in [-0.3, -0.25) is 4.90 Å². The van der Waals surface area contributed by atoms with Gasteiger partial charge in [-0.05, 0) is 58.1 Å². The third kappa shape index (κ3) is 3.16. The number of nitrogens with zero attached hydrogens (tertiary/aromatic N) is 2. The van der Waals surface area contributed by atoms with E-state index in [0.29, 0.717) is 5.54 Å². The molecule has 1 atom stereocenters. The lowest BCUT2D eigenvalue weighted by Gasteiger charge is -2.44. The average molecular weight is 257 g/mol. The summed E-state index contributed by atoms with van der Waals surface area (Å²) >= 11 is 2.08. The molecule has 2 aliphatic heterocycles. The lowest BCUT2D eigenvalue weighted by atomic mass is 9.89. The normalized spacial score (nSPS) is 32.5. The van der Waals surface area contributed by atoms with E-state index in [9.17, 15) is 0 Å². The number of nitrogens with two attached hydrogens (primary N) is 1. The van der Waals surface area contributed by atoms with E-state index in [1.807, 2.05) is 0 Å². The Morgan fingerprint density at radius 3 is 2.53 bits per heavy atom. The third-order valence-corrected chi connectivity index (χ3v) is 5.61. The van der Waals surface area contributed by atoms with Gasteiger partial charge in [0.25, 0.3) is 0 Å². The van der Waals surface area contributed by atoms with Crippen LogP contribution in [0, 0.1) is 5.92 Å². The summed E-state index contributed by atoms with van der Waals surface area (Å²) in [6, 6.07) is 0. The van der Waals surface area contributed by atoms with Crippen LogP contribution in [-0.4, -0.2) is 67.1 Å². The Balaban J connectivity index is 1.85. The fraction of sp³-hybridized carbons (Fsp3) is 1.00. The second-order valence-electron chi connectivity index (χ2n) is 5.92. The van der Waals surface area contributed by atoms with Crippen molar-refractivity contribution in [1.82, 2.24) is 9.80 Å². The molecule has 2 fully saturated rings. The lowest BCUT2D eigenvalue weighted by Crippen LogP contribution is -2.57. The van der Waals surface area contributed by atoms with E-state index < -0.39 is 0 Å². The van der Waals surface area contributed by atoms with E-state index in [0.717, 1.165) is 12.5 Å². The molecule has 2 rings (SSSR count). The molecule has 100 valence electrons. The van der Waals surface area contributed by atoms with Crippen molar-refractivity contribution in [2.24, 2.45) is 11.7 Å². The van der Waals surface area contributed by atoms with E-state index in [4.69, 9.17) is 5.73 Å². The minimum Gasteiger partial charge on any atom is -0.329 e. The summed E-state index contributed by atoms with van der Waals surface area (Å²) in [4.78, 5) is 5.02. The Bertz CT molecular complexity index is 231. The fourth-order valence-electron chi connectivity index (χ4n) is 3.24. The molecule has 4 heteroatoms. The van der Waals surface area contributed by atoms with Crippen molar-refractivity contribution in [1.29, 1.82) is 0 Å². The van der Waals surface area contributed by atoms with Crippen LogP contribution < -0.4 is 5.73 Å². The zero-order valence-electron chi connectivity index (χ0n) is 11.3. The zero-order chi connectivity index (χ0) is 12.3. The van der Waals surface area contributed by atoms with Crippen LogP contribution in [0.3, 0.4) is 0 Å². The first kappa shape index (κ1) is 13.7. The van der Waals surface area contributed by atoms with Crippen molar-refractivity contribution in [2.45, 2.75) is 24.8 Å². The molecule has 2 N–H and O–H groups in total. The quantitative estimate of drug-likeness (QED) is 0.817. The summed E-state index contributed by atoms with van der Waals surface area (Å²) < 4.78 is 0. The maximum atomic E-state index is 6.05. The molecular weight excluding hydrogens is 230 g/mol. The highest BCUT2D eigenvalue weighted by Gasteiger charge is 2.40. The first-order valence-electron chi connectivity index (χ1n) is 6.84. The Morgan fingerprint density at radius 1 is 1.35 bits per heavy atom. The van der Waals surface area contributed by atoms with Crippen molar-refractivity contribution in [2.75, 3.05) is 51.8 Å². The summed E-state index contributed by atoms with van der Waals surface area (Å²) in [5.74, 6) is 3.45. The maximum Gasteiger partial charge on any atom is 0.0429 e. The van der Waals surface area contributed by atoms with Crippen molar-refractivity contribution in [3.63, 3.8) is 0 Å². The van der Waals surface area contributed by atoms with E-state index >= 15 is 0 Å². The average Bonchev–Trinajstić information content (AvgIpc) is 2.79. The number of piperidine rings is 1. The highest BCUT2D eigenvalue weighted by atomic mass is 32.2. The molecule has 2 heterocycles. The topological polar surface area (TPSA) is 32.5 Å². The van der Waals surface area contributed by atoms with E-state index in [1.165, 1.54) is 50.4 Å². The standard InChI is InChI=1S/C13H27N3S/c1-15(2)9-12-3-6-16(7-4-12)13(10-14)5-8-17-11-13/h12H,3-11,14H2,1-2H3. The molecule has 1 unspecified atom stereocenters. The van der Waals surface area contributed by atoms with Gasteiger partial charge in [0.15, 0.2) is 0 Å². The van der Waals surface area contributed by atoms with Gasteiger partial charge < -0.3 is 10.6 Å². The van der Waals surface area contributed by atoms with Crippen LogP contribution in [0.2, 0.25) is 0 Å². The largest absolute Gasteiger partial charge is 0.329 e. The highest BCUT2D eigenvalue weighted by molar-refractivity contribution is 7.99. The predicted molar refractivity (Wildman–Crippen MR) is 76.6 cm³/mol. The van der Waals surface area contributed by atoms with Crippen LogP contribution >= 0.6 is 11.8 Å². The van der Waals surface area contributed by atoms with Crippen LogP contribution in [-0.2, 0) is 0 Å². The van der Waals surface area contributed by atoms with Crippen LogP contribution in [0.1, 0.15) is 19.3 Å². The molecule has 0 amide bonds. The van der Waals surface area contributed by atoms with Crippen LogP contribution in [0.25, 0.3) is 0 Å². The molecule has 3 nitrogen and oxygen atoms in total. The second kappa shape index (κ2) is 5.91. The number of hydrogen-bond donors (Lipinski definition) is 1. The van der Waals surface area contributed by atoms with Gasteiger partial charge in [0.05, 0.1) is 0 Å². The lowest BCUT2D eigenvalue weighted by molar-refractivity contribution is 0.0664. The van der Waals surface area contributed by atoms with Crippen molar-refractivity contribution in [3.8, 4) is 0 Å². The van der Waals surface area contributed by atoms with Gasteiger partial charge in [0.2, 0.25) is 0 Å². The molecule has 0 aliphatic carbocycles. The molecule has 0 bridgehead atoms. The molecule has 0 aromatic carbocycles. The molecule has 0 aromatic heterocycles. The van der Waals surface area contributed by atoms with Gasteiger partial charge in [-0.2, -0.15) is 11.8 Å². The van der Waals surface area contributed by atoms with E-state index in [1.54, 1.807) is 0 Å². The highest BCUT2D eigenvalue weighted by Crippen LogP contribution is 2.35. The SMILES string of the molecule is CN(C)CC1CCN(C2(CN)CCSC2)CC1. The second-order valence-corrected chi connectivity index (χ2v) is 7.03. The summed E-state index contributed by atoms with van der Waals surface area (Å²) in [7, 11) is 4.36. The monoisotopic (exact) mass is 257 g/mol. The van der Waals surface area contributed by atoms with E-state index in [-0.39, 0.29) is 0 Å². The van der Waals surface area contributed by atoms with Crippen molar-refractivity contribution >= 4 is 11.8 Å². The Hall–Kier alpha value is 0.230. The minimum atomic E-state index is 0.341. The molecule has 2 saturated heterocycles. The molecule has 0 radical (unpaired) electrons. The third-order valence-electron chi connectivity index (χ3n) is 4.37. The zero-order valence-corrected chi connectivity index (χ0v) is 12.1. The molecule has 0 aromatic rings. The number of rotatable bonds is 4. The first-order valence-corrected chi connectivity index (χ1v) is 7.99. The summed E-state index contributed by atoms with van der Waals surface area (Å²) in [5.41, 5.74) is 6.39. The van der Waals surface area contributed by atoms with Crippen molar-refractivity contribution < 1.29 is 0 Å². The summed E-state index contributed by atoms with van der Waals surface area (Å²) in [6.45, 7) is 4.61. The maximum absolute atomic E-state index is 6.05. The van der Waals surface area contributed by atoms with Gasteiger partial charge >= 0.3 is 0 Å². The summed E-state index contributed by atoms with van der Waals surface area (Å²) in [6.07, 6.45) is 4.00. The van der Waals surface area contributed by atoms with Gasteiger partial charge in [-0.1, -0.05) is 0 Å². The predicted octanol–water partition coefficient (Wildman–Crippen LogP) is 1.09. The Morgan fingerprint density at radius 2 is 2.06 bits per heavy atom.